The molecule has 0 amide bonds. The van der Waals surface area contributed by atoms with Gasteiger partial charge in [-0.25, -0.2) is 0 Å². The van der Waals surface area contributed by atoms with E-state index >= 15 is 0 Å². The predicted octanol–water partition coefficient (Wildman–Crippen LogP) is 3.01. The molecule has 0 aliphatic heterocycles. The number of aliphatic hydroxyl groups is 1. The zero-order valence-corrected chi connectivity index (χ0v) is 11.3. The van der Waals surface area contributed by atoms with Gasteiger partial charge in [0.1, 0.15) is 5.76 Å². The lowest BCUT2D eigenvalue weighted by Crippen LogP contribution is -2.06. The molecule has 0 aromatic heterocycles. The molecule has 4 heteroatoms. The molecule has 0 aliphatic rings. The lowest BCUT2D eigenvalue weighted by Gasteiger charge is -2.04. The van der Waals surface area contributed by atoms with Gasteiger partial charge in [0.2, 0.25) is 0 Å². The quantitative estimate of drug-likeness (QED) is 0.290. The molecule has 0 heterocycles. The summed E-state index contributed by atoms with van der Waals surface area (Å²) in [6.07, 6.45) is 0.743. The van der Waals surface area contributed by atoms with E-state index in [1.807, 2.05) is 0 Å². The van der Waals surface area contributed by atoms with Crippen molar-refractivity contribution in [2.75, 3.05) is 5.73 Å². The highest BCUT2D eigenvalue weighted by Gasteiger charge is 2.12. The van der Waals surface area contributed by atoms with Crippen LogP contribution in [-0.2, 0) is 4.79 Å². The van der Waals surface area contributed by atoms with Crippen LogP contribution < -0.4 is 5.73 Å². The molecular weight excluding hydrogens is 266 g/mol. The van der Waals surface area contributed by atoms with Crippen LogP contribution in [0, 0.1) is 0 Å². The maximum absolute atomic E-state index is 11.9. The van der Waals surface area contributed by atoms with Gasteiger partial charge in [-0.2, -0.15) is 0 Å². The molecule has 0 aliphatic carbocycles. The Balaban J connectivity index is 2.09. The average Bonchev–Trinajstić information content (AvgIpc) is 2.48. The summed E-state index contributed by atoms with van der Waals surface area (Å²) >= 11 is 0. The smallest absolute Gasteiger partial charge is 0.170 e. The maximum atomic E-state index is 11.9. The minimum Gasteiger partial charge on any atom is -0.507 e. The maximum Gasteiger partial charge on any atom is 0.170 e. The number of allylic oxidation sites excluding steroid dienone is 1. The summed E-state index contributed by atoms with van der Waals surface area (Å²) in [5.74, 6) is -0.991. The molecular formula is C17H15NO3. The summed E-state index contributed by atoms with van der Waals surface area (Å²) in [7, 11) is 0. The largest absolute Gasteiger partial charge is 0.507 e. The van der Waals surface area contributed by atoms with Gasteiger partial charge in [-0.15, -0.1) is 0 Å². The number of hydrogen-bond donors (Lipinski definition) is 2. The second-order valence-corrected chi connectivity index (χ2v) is 4.55. The van der Waals surface area contributed by atoms with Crippen molar-refractivity contribution in [2.45, 2.75) is 6.42 Å². The Hall–Kier alpha value is -2.88. The molecule has 0 unspecified atom stereocenters. The standard InChI is InChI=1S/C17H15NO3/c18-15-9-5-4-8-14(15)17(21)11-13(19)10-16(20)12-6-2-1-3-7-12/h1-9,11,21H,10,18H2/b17-11-. The Kier molecular flexibility index (Phi) is 4.51. The van der Waals surface area contributed by atoms with E-state index in [0.717, 1.165) is 6.08 Å². The number of para-hydroxylation sites is 1. The fraction of sp³-hybridized carbons (Fsp3) is 0.0588. The van der Waals surface area contributed by atoms with Gasteiger partial charge in [-0.1, -0.05) is 42.5 Å². The predicted molar refractivity (Wildman–Crippen MR) is 81.9 cm³/mol. The van der Waals surface area contributed by atoms with Crippen LogP contribution >= 0.6 is 0 Å². The van der Waals surface area contributed by atoms with Gasteiger partial charge in [-0.3, -0.25) is 9.59 Å². The molecule has 21 heavy (non-hydrogen) atoms. The Morgan fingerprint density at radius 3 is 2.29 bits per heavy atom. The number of anilines is 1. The van der Waals surface area contributed by atoms with Crippen LogP contribution in [0.3, 0.4) is 0 Å². The first-order valence-electron chi connectivity index (χ1n) is 6.44. The topological polar surface area (TPSA) is 80.4 Å². The average molecular weight is 281 g/mol. The molecule has 0 saturated heterocycles. The monoisotopic (exact) mass is 281 g/mol. The SMILES string of the molecule is Nc1ccccc1/C(O)=C/C(=O)CC(=O)c1ccccc1. The van der Waals surface area contributed by atoms with Crippen molar-refractivity contribution in [1.82, 2.24) is 0 Å². The van der Waals surface area contributed by atoms with Crippen molar-refractivity contribution in [3.8, 4) is 0 Å². The van der Waals surface area contributed by atoms with Crippen LogP contribution in [0.5, 0.6) is 0 Å². The Bertz CT molecular complexity index is 690. The normalized spacial score (nSPS) is 11.1. The van der Waals surface area contributed by atoms with Crippen molar-refractivity contribution < 1.29 is 14.7 Å². The molecule has 0 atom stereocenters. The van der Waals surface area contributed by atoms with Gasteiger partial charge in [0.15, 0.2) is 11.6 Å². The number of hydrogen-bond acceptors (Lipinski definition) is 4. The molecule has 0 spiro atoms. The number of nitrogens with two attached hydrogens (primary N) is 1. The zero-order chi connectivity index (χ0) is 15.2. The van der Waals surface area contributed by atoms with Gasteiger partial charge < -0.3 is 10.8 Å². The zero-order valence-electron chi connectivity index (χ0n) is 11.3. The van der Waals surface area contributed by atoms with Gasteiger partial charge in [0.05, 0.1) is 6.42 Å². The number of Topliss-reactive ketones (excluding diaryl/α,β-unsaturated/α-hetero) is 1. The molecule has 2 rings (SSSR count). The molecule has 2 aromatic rings. The number of carbonyl (C=O) groups is 2. The molecule has 0 radical (unpaired) electrons. The summed E-state index contributed by atoms with van der Waals surface area (Å²) in [4.78, 5) is 23.7. The number of aliphatic hydroxyl groups excluding tert-OH is 1. The third kappa shape index (κ3) is 3.79. The summed E-state index contributed by atoms with van der Waals surface area (Å²) in [6.45, 7) is 0. The van der Waals surface area contributed by atoms with E-state index in [1.54, 1.807) is 54.6 Å². The van der Waals surface area contributed by atoms with Gasteiger partial charge in [0, 0.05) is 22.9 Å². The van der Waals surface area contributed by atoms with E-state index in [2.05, 4.69) is 0 Å². The molecule has 4 nitrogen and oxygen atoms in total. The van der Waals surface area contributed by atoms with E-state index in [4.69, 9.17) is 5.73 Å². The van der Waals surface area contributed by atoms with Gasteiger partial charge >= 0.3 is 0 Å². The van der Waals surface area contributed by atoms with Crippen LogP contribution in [-0.4, -0.2) is 16.7 Å². The summed E-state index contributed by atoms with van der Waals surface area (Å²) in [5.41, 5.74) is 6.92. The van der Waals surface area contributed by atoms with Crippen LogP contribution in [0.2, 0.25) is 0 Å². The van der Waals surface area contributed by atoms with Crippen molar-refractivity contribution in [3.05, 3.63) is 71.8 Å². The fourth-order valence-electron chi connectivity index (χ4n) is 1.90. The third-order valence-electron chi connectivity index (χ3n) is 2.97. The van der Waals surface area contributed by atoms with Crippen LogP contribution in [0.1, 0.15) is 22.3 Å². The second-order valence-electron chi connectivity index (χ2n) is 4.55. The van der Waals surface area contributed by atoms with Crippen LogP contribution in [0.15, 0.2) is 60.7 Å². The molecule has 0 saturated carbocycles. The van der Waals surface area contributed by atoms with Crippen molar-refractivity contribution >= 4 is 23.0 Å². The molecule has 0 bridgehead atoms. The molecule has 0 fully saturated rings. The fourth-order valence-corrected chi connectivity index (χ4v) is 1.90. The number of ketones is 2. The first-order chi connectivity index (χ1) is 10.1. The van der Waals surface area contributed by atoms with Crippen LogP contribution in [0.25, 0.3) is 5.76 Å². The van der Waals surface area contributed by atoms with E-state index in [0.29, 0.717) is 16.8 Å². The summed E-state index contributed by atoms with van der Waals surface area (Å²) < 4.78 is 0. The van der Waals surface area contributed by atoms with Crippen molar-refractivity contribution in [2.24, 2.45) is 0 Å². The lowest BCUT2D eigenvalue weighted by atomic mass is 10.0. The summed E-state index contributed by atoms with van der Waals surface area (Å²) in [5, 5.41) is 9.90. The number of nitrogen functional groups attached to an aromatic ring is 1. The van der Waals surface area contributed by atoms with E-state index in [-0.39, 0.29) is 18.0 Å². The summed E-state index contributed by atoms with van der Waals surface area (Å²) in [6, 6.07) is 15.2. The number of carbonyl (C=O) groups excluding carboxylic acids is 2. The minimum atomic E-state index is -0.468. The minimum absolute atomic E-state index is 0.237. The van der Waals surface area contributed by atoms with E-state index in [9.17, 15) is 14.7 Å². The van der Waals surface area contributed by atoms with Crippen molar-refractivity contribution in [1.29, 1.82) is 0 Å². The number of rotatable bonds is 5. The third-order valence-corrected chi connectivity index (χ3v) is 2.97. The van der Waals surface area contributed by atoms with Crippen molar-refractivity contribution in [3.63, 3.8) is 0 Å². The van der Waals surface area contributed by atoms with E-state index in [1.165, 1.54) is 0 Å². The lowest BCUT2D eigenvalue weighted by molar-refractivity contribution is -0.113. The molecule has 2 aromatic carbocycles. The second kappa shape index (κ2) is 6.52. The molecule has 106 valence electrons. The number of benzene rings is 2. The first-order valence-corrected chi connectivity index (χ1v) is 6.44. The highest BCUT2D eigenvalue weighted by molar-refractivity contribution is 6.12. The Morgan fingerprint density at radius 1 is 1.00 bits per heavy atom. The van der Waals surface area contributed by atoms with E-state index < -0.39 is 5.78 Å². The Labute approximate surface area is 122 Å². The molecule has 3 N–H and O–H groups in total. The highest BCUT2D eigenvalue weighted by Crippen LogP contribution is 2.19. The van der Waals surface area contributed by atoms with Gasteiger partial charge in [0.25, 0.3) is 0 Å². The van der Waals surface area contributed by atoms with Gasteiger partial charge in [-0.05, 0) is 12.1 Å². The Morgan fingerprint density at radius 2 is 1.62 bits per heavy atom. The van der Waals surface area contributed by atoms with Crippen LogP contribution in [0.4, 0.5) is 5.69 Å². The first kappa shape index (κ1) is 14.5. The highest BCUT2D eigenvalue weighted by atomic mass is 16.3.